The van der Waals surface area contributed by atoms with Gasteiger partial charge in [-0.25, -0.2) is 0 Å². The molecule has 1 aliphatic heterocycles. The first-order chi connectivity index (χ1) is 14.5. The Bertz CT molecular complexity index is 831. The minimum Gasteiger partial charge on any atom is -0.492 e. The number of carbonyl (C=O) groups excluding carboxylic acids is 1. The number of carbonyl (C=O) groups is 1. The van der Waals surface area contributed by atoms with Gasteiger partial charge in [-0.2, -0.15) is 0 Å². The van der Waals surface area contributed by atoms with Gasteiger partial charge >= 0.3 is 0 Å². The minimum atomic E-state index is -0.167. The van der Waals surface area contributed by atoms with Crippen molar-refractivity contribution in [2.24, 2.45) is 0 Å². The Balaban J connectivity index is 1.61. The molecule has 1 fully saturated rings. The van der Waals surface area contributed by atoms with E-state index in [2.05, 4.69) is 47.2 Å². The van der Waals surface area contributed by atoms with Gasteiger partial charge in [-0.1, -0.05) is 44.2 Å². The summed E-state index contributed by atoms with van der Waals surface area (Å²) in [6.07, 6.45) is 1.05. The number of hydrogen-bond acceptors (Lipinski definition) is 4. The molecule has 1 N–H and O–H groups in total. The zero-order valence-corrected chi connectivity index (χ0v) is 18.7. The lowest BCUT2D eigenvalue weighted by Gasteiger charge is -2.39. The molecular formula is C25H35N3O2. The number of ether oxygens (including phenoxy) is 1. The second-order valence-electron chi connectivity index (χ2n) is 7.99. The third kappa shape index (κ3) is 5.14. The Hall–Kier alpha value is -2.53. The van der Waals surface area contributed by atoms with Gasteiger partial charge < -0.3 is 15.0 Å². The summed E-state index contributed by atoms with van der Waals surface area (Å²) in [5.74, 6) is 1.42. The average molecular weight is 410 g/mol. The molecular weight excluding hydrogens is 374 g/mol. The predicted molar refractivity (Wildman–Crippen MR) is 125 cm³/mol. The van der Waals surface area contributed by atoms with Crippen LogP contribution in [0.5, 0.6) is 5.75 Å². The normalized spacial score (nSPS) is 16.7. The maximum absolute atomic E-state index is 13.0. The van der Waals surface area contributed by atoms with Crippen molar-refractivity contribution in [3.63, 3.8) is 0 Å². The molecule has 0 bridgehead atoms. The molecule has 30 heavy (non-hydrogen) atoms. The summed E-state index contributed by atoms with van der Waals surface area (Å²) in [7, 11) is 0. The highest BCUT2D eigenvalue weighted by atomic mass is 16.5. The molecule has 1 heterocycles. The van der Waals surface area contributed by atoms with E-state index in [1.807, 2.05) is 44.2 Å². The van der Waals surface area contributed by atoms with Crippen molar-refractivity contribution in [2.45, 2.75) is 46.1 Å². The molecule has 0 radical (unpaired) electrons. The van der Waals surface area contributed by atoms with Crippen molar-refractivity contribution < 1.29 is 9.53 Å². The number of benzene rings is 2. The zero-order valence-electron chi connectivity index (χ0n) is 18.7. The molecule has 0 aromatic heterocycles. The maximum atomic E-state index is 13.0. The van der Waals surface area contributed by atoms with E-state index in [-0.39, 0.29) is 11.9 Å². The van der Waals surface area contributed by atoms with Crippen LogP contribution in [0.3, 0.4) is 0 Å². The Morgan fingerprint density at radius 1 is 1.00 bits per heavy atom. The third-order valence-electron chi connectivity index (χ3n) is 6.11. The van der Waals surface area contributed by atoms with Gasteiger partial charge in [0.15, 0.2) is 0 Å². The number of hydrogen-bond donors (Lipinski definition) is 1. The lowest BCUT2D eigenvalue weighted by atomic mass is 9.97. The molecule has 3 rings (SSSR count). The quantitative estimate of drug-likeness (QED) is 0.683. The summed E-state index contributed by atoms with van der Waals surface area (Å²) in [5.41, 5.74) is 3.28. The first-order valence-electron chi connectivity index (χ1n) is 11.2. The molecule has 2 atom stereocenters. The van der Waals surface area contributed by atoms with Crippen molar-refractivity contribution in [1.29, 1.82) is 0 Å². The fourth-order valence-corrected chi connectivity index (χ4v) is 4.01. The van der Waals surface area contributed by atoms with Crippen LogP contribution in [0.25, 0.3) is 0 Å². The van der Waals surface area contributed by atoms with Crippen LogP contribution >= 0.6 is 0 Å². The van der Waals surface area contributed by atoms with Gasteiger partial charge in [0.1, 0.15) is 5.75 Å². The second-order valence-corrected chi connectivity index (χ2v) is 7.99. The van der Waals surface area contributed by atoms with E-state index < -0.39 is 0 Å². The van der Waals surface area contributed by atoms with Crippen LogP contribution in [0.4, 0.5) is 11.4 Å². The number of para-hydroxylation sites is 3. The summed E-state index contributed by atoms with van der Waals surface area (Å²) in [4.78, 5) is 17.6. The van der Waals surface area contributed by atoms with Crippen LogP contribution in [-0.4, -0.2) is 49.6 Å². The van der Waals surface area contributed by atoms with Gasteiger partial charge in [0.2, 0.25) is 5.91 Å². The summed E-state index contributed by atoms with van der Waals surface area (Å²) >= 11 is 0. The molecule has 0 saturated carbocycles. The van der Waals surface area contributed by atoms with Crippen molar-refractivity contribution >= 4 is 17.3 Å². The second kappa shape index (κ2) is 10.5. The summed E-state index contributed by atoms with van der Waals surface area (Å²) in [6.45, 7) is 12.5. The van der Waals surface area contributed by atoms with Crippen molar-refractivity contribution in [2.75, 3.05) is 43.0 Å². The number of piperazine rings is 1. The third-order valence-corrected chi connectivity index (χ3v) is 6.11. The van der Waals surface area contributed by atoms with Gasteiger partial charge in [0, 0.05) is 31.9 Å². The Kier molecular flexibility index (Phi) is 7.75. The maximum Gasteiger partial charge on any atom is 0.241 e. The van der Waals surface area contributed by atoms with Gasteiger partial charge in [0.25, 0.3) is 0 Å². The molecule has 1 aliphatic rings. The van der Waals surface area contributed by atoms with Crippen LogP contribution in [0.1, 0.15) is 45.6 Å². The molecule has 1 amide bonds. The van der Waals surface area contributed by atoms with Crippen molar-refractivity contribution in [3.05, 3.63) is 54.1 Å². The van der Waals surface area contributed by atoms with Crippen LogP contribution in [0.2, 0.25) is 0 Å². The topological polar surface area (TPSA) is 44.8 Å². The fraction of sp³-hybridized carbons (Fsp3) is 0.480. The van der Waals surface area contributed by atoms with Gasteiger partial charge in [-0.3, -0.25) is 9.69 Å². The zero-order chi connectivity index (χ0) is 21.5. The van der Waals surface area contributed by atoms with E-state index in [0.29, 0.717) is 12.5 Å². The molecule has 2 aromatic rings. The summed E-state index contributed by atoms with van der Waals surface area (Å²) < 4.78 is 5.79. The Morgan fingerprint density at radius 3 is 2.37 bits per heavy atom. The molecule has 162 valence electrons. The number of nitrogens with zero attached hydrogens (tertiary/aromatic N) is 2. The highest BCUT2D eigenvalue weighted by Crippen LogP contribution is 2.29. The molecule has 5 heteroatoms. The van der Waals surface area contributed by atoms with Crippen LogP contribution in [0, 0.1) is 0 Å². The highest BCUT2D eigenvalue weighted by Gasteiger charge is 2.27. The fourth-order valence-electron chi connectivity index (χ4n) is 4.01. The van der Waals surface area contributed by atoms with Gasteiger partial charge in [-0.15, -0.1) is 0 Å². The van der Waals surface area contributed by atoms with Crippen molar-refractivity contribution in [3.8, 4) is 5.75 Å². The first kappa shape index (κ1) is 22.2. The number of rotatable bonds is 8. The number of anilines is 2. The lowest BCUT2D eigenvalue weighted by Crippen LogP contribution is -2.53. The van der Waals surface area contributed by atoms with Crippen LogP contribution < -0.4 is 15.0 Å². The SMILES string of the molecule is CCOc1ccccc1N1CCN([C@@H](C)C(=O)Nc2ccccc2[C@@H](C)CC)CC1. The van der Waals surface area contributed by atoms with E-state index in [4.69, 9.17) is 4.74 Å². The van der Waals surface area contributed by atoms with Crippen molar-refractivity contribution in [1.82, 2.24) is 4.90 Å². The van der Waals surface area contributed by atoms with Gasteiger partial charge in [-0.05, 0) is 49.9 Å². The standard InChI is InChI=1S/C25H35N3O2/c1-5-19(3)21-11-7-8-12-22(21)26-25(29)20(4)27-15-17-28(18-16-27)23-13-9-10-14-24(23)30-6-2/h7-14,19-20H,5-6,15-18H2,1-4H3,(H,26,29)/t19-,20-/m0/s1. The lowest BCUT2D eigenvalue weighted by molar-refractivity contribution is -0.120. The van der Waals surface area contributed by atoms with Crippen LogP contribution in [0.15, 0.2) is 48.5 Å². The summed E-state index contributed by atoms with van der Waals surface area (Å²) in [5, 5.41) is 3.18. The molecule has 0 spiro atoms. The monoisotopic (exact) mass is 409 g/mol. The van der Waals surface area contributed by atoms with E-state index in [1.165, 1.54) is 5.56 Å². The molecule has 1 saturated heterocycles. The molecule has 2 aromatic carbocycles. The Labute approximate surface area is 181 Å². The minimum absolute atomic E-state index is 0.0638. The molecule has 5 nitrogen and oxygen atoms in total. The summed E-state index contributed by atoms with van der Waals surface area (Å²) in [6, 6.07) is 16.2. The van der Waals surface area contributed by atoms with E-state index in [9.17, 15) is 4.79 Å². The van der Waals surface area contributed by atoms with Crippen LogP contribution in [-0.2, 0) is 4.79 Å². The van der Waals surface area contributed by atoms with E-state index >= 15 is 0 Å². The predicted octanol–water partition coefficient (Wildman–Crippen LogP) is 4.75. The number of amides is 1. The molecule has 0 unspecified atom stereocenters. The van der Waals surface area contributed by atoms with E-state index in [1.54, 1.807) is 0 Å². The smallest absolute Gasteiger partial charge is 0.241 e. The van der Waals surface area contributed by atoms with E-state index in [0.717, 1.165) is 49.7 Å². The first-order valence-corrected chi connectivity index (χ1v) is 11.2. The Morgan fingerprint density at radius 2 is 1.67 bits per heavy atom. The molecule has 0 aliphatic carbocycles. The average Bonchev–Trinajstić information content (AvgIpc) is 2.79. The highest BCUT2D eigenvalue weighted by molar-refractivity contribution is 5.95. The number of nitrogens with one attached hydrogen (secondary N) is 1. The largest absolute Gasteiger partial charge is 0.492 e. The van der Waals surface area contributed by atoms with Gasteiger partial charge in [0.05, 0.1) is 18.3 Å².